The number of likely N-dealkylation sites (tertiary alicyclic amines) is 1. The predicted molar refractivity (Wildman–Crippen MR) is 165 cm³/mol. The normalized spacial score (nSPS) is 16.7. The van der Waals surface area contributed by atoms with Crippen LogP contribution in [0, 0.1) is 0 Å². The number of nitrogens with one attached hydrogen (secondary N) is 4. The van der Waals surface area contributed by atoms with Crippen molar-refractivity contribution in [2.24, 2.45) is 5.73 Å². The van der Waals surface area contributed by atoms with Crippen molar-refractivity contribution >= 4 is 51.5 Å². The van der Waals surface area contributed by atoms with E-state index in [4.69, 9.17) is 10.8 Å². The summed E-state index contributed by atoms with van der Waals surface area (Å²) in [6.45, 7) is 0.267. The lowest BCUT2D eigenvalue weighted by Crippen LogP contribution is -2.57. The number of carboxylic acid groups (broad SMARTS) is 2. The molecule has 0 saturated carbocycles. The maximum atomic E-state index is 13.8. The number of benzene rings is 2. The van der Waals surface area contributed by atoms with Gasteiger partial charge in [0.1, 0.15) is 18.1 Å². The Kier molecular flexibility index (Phi) is 9.48. The molecule has 2 aromatic carbocycles. The fraction of sp³-hybridized carbons (Fsp3) is 0.344. The monoisotopic (exact) mass is 616 g/mol. The van der Waals surface area contributed by atoms with Crippen LogP contribution in [0.4, 0.5) is 0 Å². The quantitative estimate of drug-likeness (QED) is 0.117. The fourth-order valence-electron chi connectivity index (χ4n) is 5.91. The van der Waals surface area contributed by atoms with Gasteiger partial charge in [0.05, 0.1) is 6.04 Å². The molecule has 4 atom stereocenters. The van der Waals surface area contributed by atoms with Crippen molar-refractivity contribution in [3.05, 3.63) is 72.1 Å². The van der Waals surface area contributed by atoms with Crippen LogP contribution in [0.15, 0.2) is 60.9 Å². The van der Waals surface area contributed by atoms with Crippen LogP contribution >= 0.6 is 0 Å². The van der Waals surface area contributed by atoms with E-state index in [0.29, 0.717) is 12.8 Å². The minimum absolute atomic E-state index is 0.0119. The molecule has 0 aliphatic carbocycles. The van der Waals surface area contributed by atoms with Gasteiger partial charge in [-0.3, -0.25) is 19.2 Å². The number of nitrogens with two attached hydrogens (primary N) is 1. The number of hydrogen-bond acceptors (Lipinski definition) is 6. The Morgan fingerprint density at radius 1 is 0.867 bits per heavy atom. The molecule has 13 nitrogen and oxygen atoms in total. The average molecular weight is 617 g/mol. The molecule has 2 aromatic heterocycles. The maximum absolute atomic E-state index is 13.8. The number of nitrogens with zero attached hydrogens (tertiary/aromatic N) is 1. The summed E-state index contributed by atoms with van der Waals surface area (Å²) in [6.07, 6.45) is 4.03. The van der Waals surface area contributed by atoms with E-state index in [1.165, 1.54) is 4.90 Å². The molecule has 0 bridgehead atoms. The molecule has 5 rings (SSSR count). The van der Waals surface area contributed by atoms with E-state index in [1.54, 1.807) is 12.4 Å². The number of aromatic nitrogens is 2. The van der Waals surface area contributed by atoms with Gasteiger partial charge in [-0.2, -0.15) is 0 Å². The fourth-order valence-corrected chi connectivity index (χ4v) is 5.91. The Morgan fingerprint density at radius 3 is 2.02 bits per heavy atom. The molecule has 3 amide bonds. The first kappa shape index (κ1) is 31.3. The SMILES string of the molecule is NC(CCC(=O)O)C(=O)N1CCCC1C(=O)NC(Cc1c[nH]c2ccccc12)C(=O)NC(Cc1c[nH]c2ccccc12)C(=O)O. The lowest BCUT2D eigenvalue weighted by molar-refractivity contribution is -0.143. The van der Waals surface area contributed by atoms with Crippen LogP contribution < -0.4 is 16.4 Å². The lowest BCUT2D eigenvalue weighted by atomic mass is 10.0. The van der Waals surface area contributed by atoms with E-state index in [9.17, 15) is 29.1 Å². The van der Waals surface area contributed by atoms with Gasteiger partial charge in [0, 0.05) is 60.0 Å². The molecule has 8 N–H and O–H groups in total. The van der Waals surface area contributed by atoms with Gasteiger partial charge in [-0.05, 0) is 42.5 Å². The van der Waals surface area contributed by atoms with Gasteiger partial charge in [0.25, 0.3) is 0 Å². The highest BCUT2D eigenvalue weighted by atomic mass is 16.4. The summed E-state index contributed by atoms with van der Waals surface area (Å²) < 4.78 is 0. The molecule has 0 spiro atoms. The molecule has 4 unspecified atom stereocenters. The summed E-state index contributed by atoms with van der Waals surface area (Å²) in [4.78, 5) is 71.3. The van der Waals surface area contributed by atoms with Crippen LogP contribution in [0.2, 0.25) is 0 Å². The maximum Gasteiger partial charge on any atom is 0.326 e. The molecule has 236 valence electrons. The van der Waals surface area contributed by atoms with Crippen LogP contribution in [0.25, 0.3) is 21.8 Å². The average Bonchev–Trinajstić information content (AvgIpc) is 3.78. The molecule has 45 heavy (non-hydrogen) atoms. The number of rotatable bonds is 13. The summed E-state index contributed by atoms with van der Waals surface area (Å²) in [5.74, 6) is -4.10. The molecule has 1 saturated heterocycles. The summed E-state index contributed by atoms with van der Waals surface area (Å²) in [6, 6.07) is 10.5. The number of carboxylic acids is 2. The standard InChI is InChI=1S/C32H36N6O7/c33-22(11-12-28(39)40)31(43)38-13-5-10-27(38)30(42)36-25(14-18-16-34-23-8-3-1-6-20(18)23)29(41)37-26(32(44)45)15-19-17-35-24-9-4-2-7-21(19)24/h1-4,6-9,16-17,22,25-27,34-35H,5,10-15,33H2,(H,36,42)(H,37,41)(H,39,40)(H,44,45). The lowest BCUT2D eigenvalue weighted by Gasteiger charge is -2.28. The number of para-hydroxylation sites is 2. The van der Waals surface area contributed by atoms with Crippen LogP contribution in [0.1, 0.15) is 36.8 Å². The highest BCUT2D eigenvalue weighted by molar-refractivity contribution is 5.95. The Bertz CT molecular complexity index is 1730. The first-order chi connectivity index (χ1) is 21.6. The highest BCUT2D eigenvalue weighted by Gasteiger charge is 2.38. The highest BCUT2D eigenvalue weighted by Crippen LogP contribution is 2.23. The van der Waals surface area contributed by atoms with Crippen LogP contribution in [-0.4, -0.2) is 85.5 Å². The zero-order valence-corrected chi connectivity index (χ0v) is 24.5. The molecular formula is C32H36N6O7. The number of carbonyl (C=O) groups excluding carboxylic acids is 3. The van der Waals surface area contributed by atoms with E-state index in [0.717, 1.165) is 32.9 Å². The second-order valence-electron chi connectivity index (χ2n) is 11.3. The Labute approximate surface area is 258 Å². The van der Waals surface area contributed by atoms with Crippen LogP contribution in [0.5, 0.6) is 0 Å². The Morgan fingerprint density at radius 2 is 1.44 bits per heavy atom. The first-order valence-corrected chi connectivity index (χ1v) is 14.8. The minimum atomic E-state index is -1.28. The van der Waals surface area contributed by atoms with Crippen molar-refractivity contribution in [2.45, 2.75) is 62.7 Å². The number of carbonyl (C=O) groups is 5. The van der Waals surface area contributed by atoms with E-state index in [-0.39, 0.29) is 32.2 Å². The van der Waals surface area contributed by atoms with Gasteiger partial charge in [-0.15, -0.1) is 0 Å². The van der Waals surface area contributed by atoms with Crippen molar-refractivity contribution in [1.29, 1.82) is 0 Å². The molecule has 4 aromatic rings. The summed E-state index contributed by atoms with van der Waals surface area (Å²) in [5.41, 5.74) is 9.10. The summed E-state index contributed by atoms with van der Waals surface area (Å²) >= 11 is 0. The predicted octanol–water partition coefficient (Wildman–Crippen LogP) is 1.67. The van der Waals surface area contributed by atoms with Crippen molar-refractivity contribution in [2.75, 3.05) is 6.54 Å². The van der Waals surface area contributed by atoms with Crippen molar-refractivity contribution in [1.82, 2.24) is 25.5 Å². The molecule has 1 aliphatic heterocycles. The molecule has 1 fully saturated rings. The van der Waals surface area contributed by atoms with Crippen LogP contribution in [-0.2, 0) is 36.8 Å². The molecule has 0 radical (unpaired) electrons. The van der Waals surface area contributed by atoms with Gasteiger partial charge in [-0.25, -0.2) is 4.79 Å². The van der Waals surface area contributed by atoms with Crippen molar-refractivity contribution < 1.29 is 34.2 Å². The topological polar surface area (TPSA) is 211 Å². The molecule has 13 heteroatoms. The molecule has 1 aliphatic rings. The van der Waals surface area contributed by atoms with E-state index in [1.807, 2.05) is 48.5 Å². The van der Waals surface area contributed by atoms with E-state index in [2.05, 4.69) is 20.6 Å². The van der Waals surface area contributed by atoms with Crippen molar-refractivity contribution in [3.8, 4) is 0 Å². The number of hydrogen-bond donors (Lipinski definition) is 7. The van der Waals surface area contributed by atoms with Crippen molar-refractivity contribution in [3.63, 3.8) is 0 Å². The van der Waals surface area contributed by atoms with E-state index < -0.39 is 53.8 Å². The van der Waals surface area contributed by atoms with Crippen LogP contribution in [0.3, 0.4) is 0 Å². The van der Waals surface area contributed by atoms with Gasteiger partial charge >= 0.3 is 11.9 Å². The largest absolute Gasteiger partial charge is 0.481 e. The van der Waals surface area contributed by atoms with Gasteiger partial charge in [-0.1, -0.05) is 36.4 Å². The smallest absolute Gasteiger partial charge is 0.326 e. The summed E-state index contributed by atoms with van der Waals surface area (Å²) in [7, 11) is 0. The molecule has 3 heterocycles. The number of aromatic amines is 2. The third-order valence-electron chi connectivity index (χ3n) is 8.27. The first-order valence-electron chi connectivity index (χ1n) is 14.8. The Hall–Kier alpha value is -5.17. The number of amides is 3. The second-order valence-corrected chi connectivity index (χ2v) is 11.3. The zero-order chi connectivity index (χ0) is 32.1. The molecular weight excluding hydrogens is 580 g/mol. The minimum Gasteiger partial charge on any atom is -0.481 e. The second kappa shape index (κ2) is 13.6. The third kappa shape index (κ3) is 7.15. The van der Waals surface area contributed by atoms with Gasteiger partial charge in [0.15, 0.2) is 0 Å². The summed E-state index contributed by atoms with van der Waals surface area (Å²) in [5, 5.41) is 26.1. The zero-order valence-electron chi connectivity index (χ0n) is 24.5. The Balaban J connectivity index is 1.36. The third-order valence-corrected chi connectivity index (χ3v) is 8.27. The number of fused-ring (bicyclic) bond motifs is 2. The van der Waals surface area contributed by atoms with Gasteiger partial charge < -0.3 is 41.4 Å². The van der Waals surface area contributed by atoms with Gasteiger partial charge in [0.2, 0.25) is 17.7 Å². The van der Waals surface area contributed by atoms with E-state index >= 15 is 0 Å². The number of H-pyrrole nitrogens is 2. The number of aliphatic carboxylic acids is 2.